The van der Waals surface area contributed by atoms with E-state index in [0.29, 0.717) is 5.02 Å². The van der Waals surface area contributed by atoms with Crippen molar-refractivity contribution in [3.05, 3.63) is 65.2 Å². The Hall–Kier alpha value is -1.51. The summed E-state index contributed by atoms with van der Waals surface area (Å²) in [5, 5.41) is 11.5. The summed E-state index contributed by atoms with van der Waals surface area (Å²) < 4.78 is 0. The minimum absolute atomic E-state index is 0.682. The van der Waals surface area contributed by atoms with Crippen LogP contribution in [-0.4, -0.2) is 18.2 Å². The molecule has 0 atom stereocenters. The Morgan fingerprint density at radius 2 is 1.65 bits per heavy atom. The van der Waals surface area contributed by atoms with E-state index in [0.717, 1.165) is 31.5 Å². The number of anilines is 1. The minimum Gasteiger partial charge on any atom is -0.385 e. The van der Waals surface area contributed by atoms with Crippen LogP contribution < -0.4 is 4.90 Å². The van der Waals surface area contributed by atoms with Crippen LogP contribution in [0.4, 0.5) is 5.69 Å². The van der Waals surface area contributed by atoms with Crippen molar-refractivity contribution in [3.8, 4) is 0 Å². The number of rotatable bonds is 2. The van der Waals surface area contributed by atoms with E-state index in [2.05, 4.69) is 17.0 Å². The smallest absolute Gasteiger partial charge is 0.0930 e. The number of hydrogen-bond acceptors (Lipinski definition) is 2. The molecule has 2 aromatic carbocycles. The van der Waals surface area contributed by atoms with Gasteiger partial charge in [-0.05, 0) is 42.7 Å². The fourth-order valence-electron chi connectivity index (χ4n) is 2.84. The molecule has 104 valence electrons. The van der Waals surface area contributed by atoms with Gasteiger partial charge in [0.1, 0.15) is 0 Å². The molecule has 0 radical (unpaired) electrons. The van der Waals surface area contributed by atoms with Crippen molar-refractivity contribution in [2.24, 2.45) is 0 Å². The molecule has 0 bridgehead atoms. The van der Waals surface area contributed by atoms with Gasteiger partial charge < -0.3 is 10.0 Å². The number of piperidine rings is 1. The first-order chi connectivity index (χ1) is 9.67. The zero-order valence-electron chi connectivity index (χ0n) is 11.3. The lowest BCUT2D eigenvalue weighted by molar-refractivity contribution is 0.0118. The molecule has 1 aliphatic heterocycles. The number of benzene rings is 2. The van der Waals surface area contributed by atoms with E-state index >= 15 is 0 Å². The van der Waals surface area contributed by atoms with Crippen molar-refractivity contribution >= 4 is 17.3 Å². The molecule has 3 heteroatoms. The summed E-state index contributed by atoms with van der Waals surface area (Å²) in [4.78, 5) is 2.32. The lowest BCUT2D eigenvalue weighted by Crippen LogP contribution is -2.42. The molecule has 20 heavy (non-hydrogen) atoms. The molecule has 1 N–H and O–H groups in total. The van der Waals surface area contributed by atoms with Crippen molar-refractivity contribution in [1.29, 1.82) is 0 Å². The van der Waals surface area contributed by atoms with E-state index in [9.17, 15) is 5.11 Å². The van der Waals surface area contributed by atoms with Crippen LogP contribution in [0.5, 0.6) is 0 Å². The number of hydrogen-bond donors (Lipinski definition) is 1. The number of aliphatic hydroxyl groups is 1. The fourth-order valence-corrected chi connectivity index (χ4v) is 3.03. The zero-order chi connectivity index (χ0) is 14.0. The van der Waals surface area contributed by atoms with Crippen LogP contribution >= 0.6 is 11.6 Å². The Labute approximate surface area is 124 Å². The summed E-state index contributed by atoms with van der Waals surface area (Å²) in [5.41, 5.74) is 1.40. The molecular formula is C17H18ClNO. The van der Waals surface area contributed by atoms with Gasteiger partial charge in [0, 0.05) is 23.8 Å². The van der Waals surface area contributed by atoms with Crippen LogP contribution in [0.1, 0.15) is 18.4 Å². The Morgan fingerprint density at radius 3 is 2.30 bits per heavy atom. The molecule has 0 aliphatic carbocycles. The third-order valence-electron chi connectivity index (χ3n) is 4.07. The van der Waals surface area contributed by atoms with Gasteiger partial charge in [-0.25, -0.2) is 0 Å². The first-order valence-corrected chi connectivity index (χ1v) is 7.34. The summed E-state index contributed by atoms with van der Waals surface area (Å²) in [6.45, 7) is 1.71. The van der Waals surface area contributed by atoms with Gasteiger partial charge in [0.15, 0.2) is 0 Å². The lowest BCUT2D eigenvalue weighted by atomic mass is 9.84. The molecule has 1 saturated heterocycles. The van der Waals surface area contributed by atoms with Crippen LogP contribution in [0.3, 0.4) is 0 Å². The topological polar surface area (TPSA) is 23.5 Å². The van der Waals surface area contributed by atoms with Gasteiger partial charge in [-0.15, -0.1) is 0 Å². The molecule has 0 unspecified atom stereocenters. The summed E-state index contributed by atoms with van der Waals surface area (Å²) in [5.74, 6) is 0. The summed E-state index contributed by atoms with van der Waals surface area (Å²) in [7, 11) is 0. The average molecular weight is 288 g/mol. The Bertz CT molecular complexity index is 577. The maximum Gasteiger partial charge on any atom is 0.0930 e. The molecule has 2 aromatic rings. The van der Waals surface area contributed by atoms with Gasteiger partial charge in [0.05, 0.1) is 5.60 Å². The minimum atomic E-state index is -0.754. The second kappa shape index (κ2) is 5.47. The van der Waals surface area contributed by atoms with Gasteiger partial charge in [-0.3, -0.25) is 0 Å². The van der Waals surface area contributed by atoms with Crippen LogP contribution in [0.15, 0.2) is 54.6 Å². The third kappa shape index (κ3) is 2.67. The van der Waals surface area contributed by atoms with Gasteiger partial charge in [-0.2, -0.15) is 0 Å². The summed E-state index contributed by atoms with van der Waals surface area (Å²) in [6, 6.07) is 17.9. The van der Waals surface area contributed by atoms with Crippen molar-refractivity contribution in [1.82, 2.24) is 0 Å². The molecule has 2 nitrogen and oxygen atoms in total. The monoisotopic (exact) mass is 287 g/mol. The van der Waals surface area contributed by atoms with Crippen LogP contribution in [-0.2, 0) is 5.60 Å². The molecule has 0 amide bonds. The standard InChI is InChI=1S/C17H18ClNO/c18-15-6-4-5-14(13-15)17(20)9-11-19(12-10-17)16-7-2-1-3-8-16/h1-8,13,20H,9-12H2. The highest BCUT2D eigenvalue weighted by atomic mass is 35.5. The molecule has 1 heterocycles. The predicted octanol–water partition coefficient (Wildman–Crippen LogP) is 3.83. The molecule has 3 rings (SSSR count). The third-order valence-corrected chi connectivity index (χ3v) is 4.31. The molecule has 0 spiro atoms. The number of nitrogens with zero attached hydrogens (tertiary/aromatic N) is 1. The largest absolute Gasteiger partial charge is 0.385 e. The van der Waals surface area contributed by atoms with Crippen LogP contribution in [0, 0.1) is 0 Å². The predicted molar refractivity (Wildman–Crippen MR) is 83.2 cm³/mol. The highest BCUT2D eigenvalue weighted by Crippen LogP contribution is 2.35. The Morgan fingerprint density at radius 1 is 0.950 bits per heavy atom. The zero-order valence-corrected chi connectivity index (χ0v) is 12.1. The highest BCUT2D eigenvalue weighted by Gasteiger charge is 2.34. The maximum absolute atomic E-state index is 10.8. The lowest BCUT2D eigenvalue weighted by Gasteiger charge is -2.39. The van der Waals surface area contributed by atoms with E-state index in [1.54, 1.807) is 0 Å². The van der Waals surface area contributed by atoms with Crippen LogP contribution in [0.2, 0.25) is 5.02 Å². The second-order valence-corrected chi connectivity index (χ2v) is 5.80. The van der Waals surface area contributed by atoms with Crippen LogP contribution in [0.25, 0.3) is 0 Å². The van der Waals surface area contributed by atoms with Gasteiger partial charge in [0.2, 0.25) is 0 Å². The quantitative estimate of drug-likeness (QED) is 0.907. The van der Waals surface area contributed by atoms with E-state index in [4.69, 9.17) is 11.6 Å². The number of para-hydroxylation sites is 1. The molecule has 0 saturated carbocycles. The number of halogens is 1. The first kappa shape index (κ1) is 13.5. The molecule has 0 aromatic heterocycles. The Balaban J connectivity index is 1.75. The van der Waals surface area contributed by atoms with E-state index in [1.165, 1.54) is 5.69 Å². The van der Waals surface area contributed by atoms with E-state index in [1.807, 2.05) is 42.5 Å². The molecule has 1 fully saturated rings. The maximum atomic E-state index is 10.8. The van der Waals surface area contributed by atoms with Gasteiger partial charge in [-0.1, -0.05) is 41.9 Å². The normalized spacial score (nSPS) is 18.0. The SMILES string of the molecule is OC1(c2cccc(Cl)c2)CCN(c2ccccc2)CC1. The first-order valence-electron chi connectivity index (χ1n) is 6.96. The van der Waals surface area contributed by atoms with Crippen molar-refractivity contribution < 1.29 is 5.11 Å². The fraction of sp³-hybridized carbons (Fsp3) is 0.294. The van der Waals surface area contributed by atoms with E-state index < -0.39 is 5.60 Å². The van der Waals surface area contributed by atoms with Crippen molar-refractivity contribution in [2.75, 3.05) is 18.0 Å². The van der Waals surface area contributed by atoms with E-state index in [-0.39, 0.29) is 0 Å². The summed E-state index contributed by atoms with van der Waals surface area (Å²) >= 11 is 6.03. The summed E-state index contributed by atoms with van der Waals surface area (Å²) in [6.07, 6.45) is 1.45. The average Bonchev–Trinajstić information content (AvgIpc) is 2.49. The van der Waals surface area contributed by atoms with Crippen molar-refractivity contribution in [2.45, 2.75) is 18.4 Å². The second-order valence-electron chi connectivity index (χ2n) is 5.36. The van der Waals surface area contributed by atoms with Gasteiger partial charge in [0.25, 0.3) is 0 Å². The molecule has 1 aliphatic rings. The van der Waals surface area contributed by atoms with Crippen molar-refractivity contribution in [3.63, 3.8) is 0 Å². The Kier molecular flexibility index (Phi) is 3.68. The molecular weight excluding hydrogens is 270 g/mol. The highest BCUT2D eigenvalue weighted by molar-refractivity contribution is 6.30. The van der Waals surface area contributed by atoms with Gasteiger partial charge >= 0.3 is 0 Å².